The second kappa shape index (κ2) is 15.4. The van der Waals surface area contributed by atoms with Gasteiger partial charge in [-0.25, -0.2) is 4.98 Å². The van der Waals surface area contributed by atoms with E-state index in [9.17, 15) is 9.59 Å². The molecule has 1 atom stereocenters. The number of hydrogen-bond acceptors (Lipinski definition) is 8. The maximum absolute atomic E-state index is 13.9. The van der Waals surface area contributed by atoms with Crippen LogP contribution in [-0.2, 0) is 16.7 Å². The molecule has 2 saturated heterocycles. The van der Waals surface area contributed by atoms with E-state index in [-0.39, 0.29) is 23.0 Å². The number of ether oxygens (including phenoxy) is 4. The molecule has 260 valence electrons. The number of nitrogens with zero attached hydrogens (tertiary/aromatic N) is 4. The number of amides is 1. The Balaban J connectivity index is 1.13. The molecule has 0 bridgehead atoms. The molecule has 1 aromatic heterocycles. The zero-order valence-corrected chi connectivity index (χ0v) is 29.2. The molecule has 2 fully saturated rings. The first kappa shape index (κ1) is 34.5. The summed E-state index contributed by atoms with van der Waals surface area (Å²) in [6.07, 6.45) is 3.40. The van der Waals surface area contributed by atoms with Crippen molar-refractivity contribution < 1.29 is 28.5 Å². The van der Waals surface area contributed by atoms with Crippen LogP contribution in [0.2, 0.25) is 0 Å². The van der Waals surface area contributed by atoms with E-state index < -0.39 is 0 Å². The first-order valence-electron chi connectivity index (χ1n) is 17.4. The van der Waals surface area contributed by atoms with Gasteiger partial charge >= 0.3 is 0 Å². The number of likely N-dealkylation sites (tertiary alicyclic amines) is 2. The summed E-state index contributed by atoms with van der Waals surface area (Å²) in [5.74, 6) is 1.96. The van der Waals surface area contributed by atoms with Crippen molar-refractivity contribution in [1.29, 1.82) is 0 Å². The molecule has 6 rings (SSSR count). The normalized spacial score (nSPS) is 18.6. The number of carbonyl (C=O) groups excluding carboxylic acids is 2. The van der Waals surface area contributed by atoms with Crippen LogP contribution in [0.15, 0.2) is 66.7 Å². The highest BCUT2D eigenvalue weighted by molar-refractivity contribution is 5.98. The minimum atomic E-state index is -0.171. The largest absolute Gasteiger partial charge is 0.493 e. The van der Waals surface area contributed by atoms with Crippen LogP contribution in [0.3, 0.4) is 0 Å². The molecule has 1 amide bonds. The summed E-state index contributed by atoms with van der Waals surface area (Å²) in [6, 6.07) is 22.0. The standard InChI is InChI=1S/C39H48N4O6/c1-5-49-24-23-43-32-14-10-9-13-31(32)40-37(43)35(44)28-15-19-41(20-16-28)21-17-39(30-11-7-6-8-12-30)18-22-42(27-39)38(45)29-25-33(46-2)36(48-4)34(26-29)47-3/h6-14,25-26,28H,5,15-24,27H2,1-4H3. The number of hydrogen-bond donors (Lipinski definition) is 0. The lowest BCUT2D eigenvalue weighted by atomic mass is 9.76. The molecule has 0 spiro atoms. The number of aromatic nitrogens is 2. The maximum atomic E-state index is 13.9. The van der Waals surface area contributed by atoms with Crippen molar-refractivity contribution in [2.75, 3.05) is 67.3 Å². The van der Waals surface area contributed by atoms with Gasteiger partial charge in [-0.15, -0.1) is 0 Å². The molecule has 10 nitrogen and oxygen atoms in total. The summed E-state index contributed by atoms with van der Waals surface area (Å²) in [7, 11) is 4.67. The van der Waals surface area contributed by atoms with Gasteiger partial charge in [-0.05, 0) is 82.1 Å². The highest BCUT2D eigenvalue weighted by Crippen LogP contribution is 2.41. The summed E-state index contributed by atoms with van der Waals surface area (Å²) < 4.78 is 24.2. The Morgan fingerprint density at radius 2 is 1.57 bits per heavy atom. The van der Waals surface area contributed by atoms with Gasteiger partial charge in [-0.1, -0.05) is 42.5 Å². The van der Waals surface area contributed by atoms with E-state index in [4.69, 9.17) is 23.9 Å². The van der Waals surface area contributed by atoms with Gasteiger partial charge in [0.25, 0.3) is 5.91 Å². The fourth-order valence-electron chi connectivity index (χ4n) is 7.57. The van der Waals surface area contributed by atoms with E-state index in [0.29, 0.717) is 61.5 Å². The number of imidazole rings is 1. The number of piperidine rings is 1. The van der Waals surface area contributed by atoms with Crippen molar-refractivity contribution in [2.24, 2.45) is 5.92 Å². The van der Waals surface area contributed by atoms with Gasteiger partial charge in [0.05, 0.1) is 39.0 Å². The van der Waals surface area contributed by atoms with Crippen molar-refractivity contribution in [3.63, 3.8) is 0 Å². The van der Waals surface area contributed by atoms with Gasteiger partial charge in [-0.3, -0.25) is 9.59 Å². The highest BCUT2D eigenvalue weighted by atomic mass is 16.5. The topological polar surface area (TPSA) is 95.4 Å². The summed E-state index contributed by atoms with van der Waals surface area (Å²) in [5.41, 5.74) is 3.42. The zero-order chi connectivity index (χ0) is 34.4. The molecule has 0 N–H and O–H groups in total. The van der Waals surface area contributed by atoms with Crippen LogP contribution in [-0.4, -0.2) is 98.3 Å². The number of benzene rings is 3. The molecule has 3 aromatic carbocycles. The van der Waals surface area contributed by atoms with Crippen molar-refractivity contribution in [2.45, 2.75) is 44.6 Å². The van der Waals surface area contributed by atoms with Gasteiger partial charge in [0, 0.05) is 43.1 Å². The van der Waals surface area contributed by atoms with Crippen LogP contribution < -0.4 is 14.2 Å². The monoisotopic (exact) mass is 668 g/mol. The Morgan fingerprint density at radius 3 is 2.24 bits per heavy atom. The van der Waals surface area contributed by atoms with Gasteiger partial charge in [0.15, 0.2) is 17.3 Å². The fourth-order valence-corrected chi connectivity index (χ4v) is 7.57. The first-order valence-corrected chi connectivity index (χ1v) is 17.4. The second-order valence-electron chi connectivity index (χ2n) is 13.0. The third-order valence-corrected chi connectivity index (χ3v) is 10.3. The van der Waals surface area contributed by atoms with Gasteiger partial charge in [0.1, 0.15) is 0 Å². The van der Waals surface area contributed by atoms with Crippen LogP contribution in [0, 0.1) is 5.92 Å². The lowest BCUT2D eigenvalue weighted by Gasteiger charge is -2.36. The van der Waals surface area contributed by atoms with Crippen molar-refractivity contribution >= 4 is 22.7 Å². The average Bonchev–Trinajstić information content (AvgIpc) is 3.76. The van der Waals surface area contributed by atoms with Crippen LogP contribution in [0.4, 0.5) is 0 Å². The smallest absolute Gasteiger partial charge is 0.254 e. The third kappa shape index (κ3) is 7.16. The van der Waals surface area contributed by atoms with Gasteiger partial charge < -0.3 is 33.3 Å². The van der Waals surface area contributed by atoms with Crippen molar-refractivity contribution in [1.82, 2.24) is 19.4 Å². The predicted molar refractivity (Wildman–Crippen MR) is 189 cm³/mol. The van der Waals surface area contributed by atoms with Crippen LogP contribution in [0.5, 0.6) is 17.2 Å². The number of fused-ring (bicyclic) bond motifs is 1. The predicted octanol–water partition coefficient (Wildman–Crippen LogP) is 5.87. The Morgan fingerprint density at radius 1 is 0.878 bits per heavy atom. The highest BCUT2D eigenvalue weighted by Gasteiger charge is 2.42. The number of methoxy groups -OCH3 is 3. The molecule has 0 aliphatic carbocycles. The molecule has 1 unspecified atom stereocenters. The summed E-state index contributed by atoms with van der Waals surface area (Å²) in [5, 5.41) is 0. The second-order valence-corrected chi connectivity index (χ2v) is 13.0. The van der Waals surface area contributed by atoms with Gasteiger partial charge in [-0.2, -0.15) is 0 Å². The molecule has 2 aliphatic heterocycles. The van der Waals surface area contributed by atoms with Crippen LogP contribution in [0.25, 0.3) is 11.0 Å². The Hall–Kier alpha value is -4.41. The maximum Gasteiger partial charge on any atom is 0.254 e. The van der Waals surface area contributed by atoms with E-state index in [0.717, 1.165) is 56.4 Å². The fraction of sp³-hybridized carbons (Fsp3) is 0.462. The molecule has 2 aliphatic rings. The molecule has 4 aromatic rings. The number of rotatable bonds is 14. The summed E-state index contributed by atoms with van der Waals surface area (Å²) in [4.78, 5) is 37.0. The number of carbonyl (C=O) groups is 2. The molecule has 0 radical (unpaired) electrons. The van der Waals surface area contributed by atoms with E-state index >= 15 is 0 Å². The Bertz CT molecular complexity index is 1720. The number of para-hydroxylation sites is 2. The number of Topliss-reactive ketones (excluding diaryl/α,β-unsaturated/α-hetero) is 1. The molecular formula is C39H48N4O6. The number of ketones is 1. The van der Waals surface area contributed by atoms with E-state index in [1.165, 1.54) is 5.56 Å². The molecular weight excluding hydrogens is 620 g/mol. The lowest BCUT2D eigenvalue weighted by molar-refractivity contribution is 0.0777. The third-order valence-electron chi connectivity index (χ3n) is 10.3. The summed E-state index contributed by atoms with van der Waals surface area (Å²) in [6.45, 7) is 7.66. The average molecular weight is 669 g/mol. The SMILES string of the molecule is CCOCCn1c(C(=O)C2CCN(CCC3(c4ccccc4)CCN(C(=O)c4cc(OC)c(OC)c(OC)c4)C3)CC2)nc2ccccc21. The van der Waals surface area contributed by atoms with Crippen molar-refractivity contribution in [3.8, 4) is 17.2 Å². The summed E-state index contributed by atoms with van der Waals surface area (Å²) >= 11 is 0. The molecule has 10 heteroatoms. The Kier molecular flexibility index (Phi) is 10.8. The van der Waals surface area contributed by atoms with Gasteiger partial charge in [0.2, 0.25) is 11.5 Å². The van der Waals surface area contributed by atoms with Crippen LogP contribution >= 0.6 is 0 Å². The van der Waals surface area contributed by atoms with Crippen LogP contribution in [0.1, 0.15) is 59.1 Å². The van der Waals surface area contributed by atoms with E-state index in [1.807, 2.05) is 46.7 Å². The Labute approximate surface area is 288 Å². The van der Waals surface area contributed by atoms with E-state index in [1.54, 1.807) is 33.5 Å². The van der Waals surface area contributed by atoms with Crippen molar-refractivity contribution in [3.05, 3.63) is 83.7 Å². The quantitative estimate of drug-likeness (QED) is 0.122. The molecule has 0 saturated carbocycles. The zero-order valence-electron chi connectivity index (χ0n) is 29.2. The van der Waals surface area contributed by atoms with E-state index in [2.05, 4.69) is 29.2 Å². The first-order chi connectivity index (χ1) is 23.9. The molecule has 3 heterocycles. The lowest BCUT2D eigenvalue weighted by Crippen LogP contribution is -2.41. The minimum Gasteiger partial charge on any atom is -0.493 e. The minimum absolute atomic E-state index is 0.0522. The molecule has 49 heavy (non-hydrogen) atoms.